The van der Waals surface area contributed by atoms with Gasteiger partial charge in [-0.15, -0.1) is 0 Å². The van der Waals surface area contributed by atoms with Crippen molar-refractivity contribution in [1.29, 1.82) is 0 Å². The van der Waals surface area contributed by atoms with E-state index < -0.39 is 11.9 Å². The molecule has 2 aliphatic rings. The molecule has 3 amide bonds. The van der Waals surface area contributed by atoms with Crippen molar-refractivity contribution in [3.8, 4) is 0 Å². The lowest BCUT2D eigenvalue weighted by Gasteiger charge is -2.19. The Labute approximate surface area is 106 Å². The van der Waals surface area contributed by atoms with E-state index in [9.17, 15) is 14.4 Å². The zero-order valence-corrected chi connectivity index (χ0v) is 10.5. The van der Waals surface area contributed by atoms with Crippen molar-refractivity contribution in [3.63, 3.8) is 0 Å². The molecule has 18 heavy (non-hydrogen) atoms. The number of hydrogen-bond donors (Lipinski definition) is 2. The van der Waals surface area contributed by atoms with E-state index in [1.54, 1.807) is 0 Å². The topological polar surface area (TPSA) is 106 Å². The summed E-state index contributed by atoms with van der Waals surface area (Å²) in [5, 5.41) is 0. The average molecular weight is 253 g/mol. The van der Waals surface area contributed by atoms with Gasteiger partial charge < -0.3 is 11.5 Å². The number of rotatable bonds is 4. The maximum Gasteiger partial charge on any atom is 0.236 e. The van der Waals surface area contributed by atoms with Crippen LogP contribution in [0.2, 0.25) is 0 Å². The highest BCUT2D eigenvalue weighted by Crippen LogP contribution is 2.44. The van der Waals surface area contributed by atoms with Crippen molar-refractivity contribution in [1.82, 2.24) is 4.90 Å². The highest BCUT2D eigenvalue weighted by atomic mass is 16.2. The van der Waals surface area contributed by atoms with Gasteiger partial charge in [0, 0.05) is 0 Å². The van der Waals surface area contributed by atoms with E-state index in [0.29, 0.717) is 5.92 Å². The first kappa shape index (κ1) is 13.0. The van der Waals surface area contributed by atoms with Crippen LogP contribution in [0.5, 0.6) is 0 Å². The standard InChI is InChI=1S/C12H19N3O3/c1-2-6-3-7-8(4-6)12(18)15(11(7)17)5-9(13)10(14)16/h6-9H,2-5,13H2,1H3,(H2,14,16). The minimum Gasteiger partial charge on any atom is -0.368 e. The van der Waals surface area contributed by atoms with Gasteiger partial charge in [-0.05, 0) is 18.8 Å². The van der Waals surface area contributed by atoms with Crippen LogP contribution < -0.4 is 11.5 Å². The first-order chi connectivity index (χ1) is 8.45. The quantitative estimate of drug-likeness (QED) is 0.641. The predicted molar refractivity (Wildman–Crippen MR) is 63.9 cm³/mol. The number of amides is 3. The molecule has 2 fully saturated rings. The van der Waals surface area contributed by atoms with Crippen LogP contribution in [0.15, 0.2) is 0 Å². The molecule has 2 rings (SSSR count). The highest BCUT2D eigenvalue weighted by Gasteiger charge is 2.52. The Balaban J connectivity index is 2.07. The minimum absolute atomic E-state index is 0.0865. The number of carbonyl (C=O) groups is 3. The molecular weight excluding hydrogens is 234 g/mol. The summed E-state index contributed by atoms with van der Waals surface area (Å²) >= 11 is 0. The number of imide groups is 1. The fraction of sp³-hybridized carbons (Fsp3) is 0.750. The second kappa shape index (κ2) is 4.68. The van der Waals surface area contributed by atoms with E-state index in [-0.39, 0.29) is 30.2 Å². The molecule has 3 atom stereocenters. The molecule has 1 aliphatic heterocycles. The maximum absolute atomic E-state index is 12.1. The van der Waals surface area contributed by atoms with E-state index in [1.165, 1.54) is 0 Å². The van der Waals surface area contributed by atoms with Gasteiger partial charge >= 0.3 is 0 Å². The number of nitrogens with zero attached hydrogens (tertiary/aromatic N) is 1. The third-order valence-electron chi connectivity index (χ3n) is 4.15. The molecule has 0 aromatic carbocycles. The van der Waals surface area contributed by atoms with Gasteiger partial charge in [-0.25, -0.2) is 0 Å². The summed E-state index contributed by atoms with van der Waals surface area (Å²) in [5.74, 6) is -1.01. The molecule has 1 saturated carbocycles. The number of carbonyl (C=O) groups excluding carboxylic acids is 3. The van der Waals surface area contributed by atoms with Crippen LogP contribution in [0.3, 0.4) is 0 Å². The van der Waals surface area contributed by atoms with E-state index in [0.717, 1.165) is 24.2 Å². The fourth-order valence-electron chi connectivity index (χ4n) is 3.00. The highest BCUT2D eigenvalue weighted by molar-refractivity contribution is 6.05. The van der Waals surface area contributed by atoms with Gasteiger partial charge in [0.15, 0.2) is 0 Å². The van der Waals surface area contributed by atoms with Crippen LogP contribution in [-0.2, 0) is 14.4 Å². The first-order valence-electron chi connectivity index (χ1n) is 6.35. The average Bonchev–Trinajstić information content (AvgIpc) is 2.84. The van der Waals surface area contributed by atoms with Crippen molar-refractivity contribution in [3.05, 3.63) is 0 Å². The van der Waals surface area contributed by atoms with E-state index >= 15 is 0 Å². The summed E-state index contributed by atoms with van der Waals surface area (Å²) in [6.07, 6.45) is 2.54. The van der Waals surface area contributed by atoms with Crippen LogP contribution in [0.1, 0.15) is 26.2 Å². The fourth-order valence-corrected chi connectivity index (χ4v) is 3.00. The Morgan fingerprint density at radius 3 is 2.22 bits per heavy atom. The summed E-state index contributed by atoms with van der Waals surface area (Å²) in [6.45, 7) is 1.98. The molecule has 0 aromatic rings. The summed E-state index contributed by atoms with van der Waals surface area (Å²) in [4.78, 5) is 36.2. The third kappa shape index (κ3) is 2.01. The van der Waals surface area contributed by atoms with Gasteiger partial charge in [0.1, 0.15) is 6.04 Å². The van der Waals surface area contributed by atoms with Crippen LogP contribution in [0.25, 0.3) is 0 Å². The Morgan fingerprint density at radius 2 is 1.83 bits per heavy atom. The molecule has 6 heteroatoms. The molecule has 0 radical (unpaired) electrons. The first-order valence-corrected chi connectivity index (χ1v) is 6.35. The molecule has 1 saturated heterocycles. The zero-order chi connectivity index (χ0) is 13.4. The summed E-state index contributed by atoms with van der Waals surface area (Å²) in [7, 11) is 0. The number of likely N-dealkylation sites (tertiary alicyclic amines) is 1. The molecule has 4 N–H and O–H groups in total. The minimum atomic E-state index is -0.973. The molecule has 1 heterocycles. The molecule has 0 bridgehead atoms. The van der Waals surface area contributed by atoms with Crippen molar-refractivity contribution < 1.29 is 14.4 Å². The Hall–Kier alpha value is -1.43. The van der Waals surface area contributed by atoms with Gasteiger partial charge in [-0.2, -0.15) is 0 Å². The second-order valence-corrected chi connectivity index (χ2v) is 5.25. The van der Waals surface area contributed by atoms with Gasteiger partial charge in [-0.3, -0.25) is 19.3 Å². The number of fused-ring (bicyclic) bond motifs is 1. The lowest BCUT2D eigenvalue weighted by molar-refractivity contribution is -0.141. The van der Waals surface area contributed by atoms with Gasteiger partial charge in [-0.1, -0.05) is 13.3 Å². The molecular formula is C12H19N3O3. The Morgan fingerprint density at radius 1 is 1.33 bits per heavy atom. The monoisotopic (exact) mass is 253 g/mol. The molecule has 0 spiro atoms. The van der Waals surface area contributed by atoms with Gasteiger partial charge in [0.25, 0.3) is 0 Å². The molecule has 6 nitrogen and oxygen atoms in total. The summed E-state index contributed by atoms with van der Waals surface area (Å²) < 4.78 is 0. The van der Waals surface area contributed by atoms with Crippen molar-refractivity contribution in [2.24, 2.45) is 29.2 Å². The molecule has 3 unspecified atom stereocenters. The summed E-state index contributed by atoms with van der Waals surface area (Å²) in [6, 6.07) is -0.973. The van der Waals surface area contributed by atoms with Crippen molar-refractivity contribution >= 4 is 17.7 Å². The smallest absolute Gasteiger partial charge is 0.236 e. The zero-order valence-electron chi connectivity index (χ0n) is 10.5. The van der Waals surface area contributed by atoms with E-state index in [2.05, 4.69) is 6.92 Å². The maximum atomic E-state index is 12.1. The van der Waals surface area contributed by atoms with Crippen molar-refractivity contribution in [2.45, 2.75) is 32.2 Å². The molecule has 0 aromatic heterocycles. The van der Waals surface area contributed by atoms with Crippen LogP contribution in [0.4, 0.5) is 0 Å². The van der Waals surface area contributed by atoms with Crippen LogP contribution in [0, 0.1) is 17.8 Å². The predicted octanol–water partition coefficient (Wildman–Crippen LogP) is -0.780. The largest absolute Gasteiger partial charge is 0.368 e. The Bertz CT molecular complexity index is 372. The second-order valence-electron chi connectivity index (χ2n) is 5.25. The SMILES string of the molecule is CCC1CC2C(=O)N(CC(N)C(N)=O)C(=O)C2C1. The van der Waals surface area contributed by atoms with Crippen molar-refractivity contribution in [2.75, 3.05) is 6.54 Å². The number of nitrogens with two attached hydrogens (primary N) is 2. The number of hydrogen-bond acceptors (Lipinski definition) is 4. The van der Waals surface area contributed by atoms with Gasteiger partial charge in [0.2, 0.25) is 17.7 Å². The normalized spacial score (nSPS) is 32.8. The van der Waals surface area contributed by atoms with Gasteiger partial charge in [0.05, 0.1) is 18.4 Å². The lowest BCUT2D eigenvalue weighted by atomic mass is 10.00. The third-order valence-corrected chi connectivity index (χ3v) is 4.15. The summed E-state index contributed by atoms with van der Waals surface area (Å²) in [5.41, 5.74) is 10.6. The van der Waals surface area contributed by atoms with Crippen LogP contribution in [-0.4, -0.2) is 35.2 Å². The lowest BCUT2D eigenvalue weighted by Crippen LogP contribution is -2.48. The van der Waals surface area contributed by atoms with E-state index in [1.807, 2.05) is 0 Å². The Kier molecular flexibility index (Phi) is 3.38. The molecule has 100 valence electrons. The number of primary amides is 1. The van der Waals surface area contributed by atoms with Crippen LogP contribution >= 0.6 is 0 Å². The van der Waals surface area contributed by atoms with E-state index in [4.69, 9.17) is 11.5 Å². The molecule has 1 aliphatic carbocycles.